The second-order valence-corrected chi connectivity index (χ2v) is 7.12. The molecule has 1 aromatic carbocycles. The third-order valence-electron chi connectivity index (χ3n) is 4.89. The van der Waals surface area contributed by atoms with Gasteiger partial charge in [-0.05, 0) is 50.0 Å². The van der Waals surface area contributed by atoms with E-state index >= 15 is 0 Å². The summed E-state index contributed by atoms with van der Waals surface area (Å²) in [6.45, 7) is 3.01. The van der Waals surface area contributed by atoms with Crippen molar-refractivity contribution in [1.82, 2.24) is 10.6 Å². The van der Waals surface area contributed by atoms with Gasteiger partial charge >= 0.3 is 0 Å². The van der Waals surface area contributed by atoms with Gasteiger partial charge in [0.25, 0.3) is 0 Å². The largest absolute Gasteiger partial charge is 0.495 e. The summed E-state index contributed by atoms with van der Waals surface area (Å²) in [5.41, 5.74) is 0.617. The van der Waals surface area contributed by atoms with Crippen molar-refractivity contribution in [3.8, 4) is 5.75 Å². The number of benzene rings is 1. The summed E-state index contributed by atoms with van der Waals surface area (Å²) >= 11 is 6.06. The molecule has 0 aromatic heterocycles. The van der Waals surface area contributed by atoms with Crippen LogP contribution in [0.3, 0.4) is 0 Å². The topological polar surface area (TPSA) is 70.7 Å². The van der Waals surface area contributed by atoms with Crippen LogP contribution in [0.5, 0.6) is 5.75 Å². The lowest BCUT2D eigenvalue weighted by atomic mass is 9.99. The SMILES string of the molecule is COc1ccc(Cl)cc1N1CC(C(=O)NCC2CCCNC2)CC1=O.Cl. The molecule has 2 saturated heterocycles. The van der Waals surface area contributed by atoms with Crippen LogP contribution < -0.4 is 20.3 Å². The number of anilines is 1. The van der Waals surface area contributed by atoms with Crippen molar-refractivity contribution in [2.75, 3.05) is 38.2 Å². The number of carbonyl (C=O) groups is 2. The Morgan fingerprint density at radius 3 is 2.96 bits per heavy atom. The quantitative estimate of drug-likeness (QED) is 0.793. The lowest BCUT2D eigenvalue weighted by molar-refractivity contribution is -0.126. The van der Waals surface area contributed by atoms with Gasteiger partial charge in [0.2, 0.25) is 11.8 Å². The number of ether oxygens (including phenoxy) is 1. The Morgan fingerprint density at radius 1 is 1.46 bits per heavy atom. The number of carbonyl (C=O) groups excluding carboxylic acids is 2. The third kappa shape index (κ3) is 4.81. The average Bonchev–Trinajstić information content (AvgIpc) is 3.02. The van der Waals surface area contributed by atoms with Gasteiger partial charge in [-0.25, -0.2) is 0 Å². The molecule has 2 heterocycles. The standard InChI is InChI=1S/C18H24ClN3O3.ClH/c1-25-16-5-4-14(19)8-15(16)22-11-13(7-17(22)23)18(24)21-10-12-3-2-6-20-9-12;/h4-5,8,12-13,20H,2-3,6-7,9-11H2,1H3,(H,21,24);1H. The van der Waals surface area contributed by atoms with Crippen LogP contribution in [-0.4, -0.2) is 45.1 Å². The van der Waals surface area contributed by atoms with Crippen molar-refractivity contribution in [2.45, 2.75) is 19.3 Å². The van der Waals surface area contributed by atoms with Crippen LogP contribution in [0.2, 0.25) is 5.02 Å². The molecule has 1 aromatic rings. The predicted molar refractivity (Wildman–Crippen MR) is 104 cm³/mol. The number of nitrogens with one attached hydrogen (secondary N) is 2. The highest BCUT2D eigenvalue weighted by Crippen LogP contribution is 2.35. The summed E-state index contributed by atoms with van der Waals surface area (Å²) in [6, 6.07) is 5.15. The fourth-order valence-corrected chi connectivity index (χ4v) is 3.64. The van der Waals surface area contributed by atoms with Crippen LogP contribution >= 0.6 is 24.0 Å². The smallest absolute Gasteiger partial charge is 0.227 e. The second-order valence-electron chi connectivity index (χ2n) is 6.68. The summed E-state index contributed by atoms with van der Waals surface area (Å²) in [4.78, 5) is 26.5. The molecule has 2 N–H and O–H groups in total. The highest BCUT2D eigenvalue weighted by molar-refractivity contribution is 6.31. The zero-order valence-corrected chi connectivity index (χ0v) is 16.4. The van der Waals surface area contributed by atoms with Crippen molar-refractivity contribution >= 4 is 41.5 Å². The predicted octanol–water partition coefficient (Wildman–Crippen LogP) is 2.24. The van der Waals surface area contributed by atoms with Gasteiger partial charge in [0, 0.05) is 24.5 Å². The molecular formula is C18H25Cl2N3O3. The molecule has 2 aliphatic heterocycles. The Morgan fingerprint density at radius 2 is 2.27 bits per heavy atom. The minimum absolute atomic E-state index is 0. The second kappa shape index (κ2) is 9.44. The number of nitrogens with zero attached hydrogens (tertiary/aromatic N) is 1. The number of halogens is 2. The first-order chi connectivity index (χ1) is 12.1. The molecule has 0 aliphatic carbocycles. The maximum Gasteiger partial charge on any atom is 0.227 e. The third-order valence-corrected chi connectivity index (χ3v) is 5.13. The number of hydrogen-bond acceptors (Lipinski definition) is 4. The molecule has 8 heteroatoms. The highest BCUT2D eigenvalue weighted by atomic mass is 35.5. The summed E-state index contributed by atoms with van der Waals surface area (Å²) in [6.07, 6.45) is 2.48. The minimum atomic E-state index is -0.340. The number of piperidine rings is 1. The summed E-state index contributed by atoms with van der Waals surface area (Å²) in [5.74, 6) is 0.571. The van der Waals surface area contributed by atoms with Gasteiger partial charge in [-0.15, -0.1) is 12.4 Å². The normalized spacial score (nSPS) is 22.7. The van der Waals surface area contributed by atoms with Gasteiger partial charge in [0.1, 0.15) is 5.75 Å². The molecule has 0 spiro atoms. The van der Waals surface area contributed by atoms with E-state index in [1.807, 2.05) is 0 Å². The van der Waals surface area contributed by atoms with Gasteiger partial charge in [-0.2, -0.15) is 0 Å². The maximum absolute atomic E-state index is 12.5. The zero-order chi connectivity index (χ0) is 17.8. The van der Waals surface area contributed by atoms with Gasteiger partial charge in [0.15, 0.2) is 0 Å². The van der Waals surface area contributed by atoms with E-state index in [1.165, 1.54) is 0 Å². The van der Waals surface area contributed by atoms with Crippen LogP contribution in [0.1, 0.15) is 19.3 Å². The molecule has 2 unspecified atom stereocenters. The molecule has 0 bridgehead atoms. The molecule has 26 heavy (non-hydrogen) atoms. The molecule has 0 saturated carbocycles. The molecule has 3 rings (SSSR count). The van der Waals surface area contributed by atoms with Crippen molar-refractivity contribution in [3.05, 3.63) is 23.2 Å². The number of methoxy groups -OCH3 is 1. The summed E-state index contributed by atoms with van der Waals surface area (Å²) < 4.78 is 5.32. The van der Waals surface area contributed by atoms with Gasteiger partial charge in [-0.1, -0.05) is 11.6 Å². The van der Waals surface area contributed by atoms with E-state index in [4.69, 9.17) is 16.3 Å². The van der Waals surface area contributed by atoms with Crippen molar-refractivity contribution < 1.29 is 14.3 Å². The Hall–Kier alpha value is -1.50. The Bertz CT molecular complexity index is 651. The van der Waals surface area contributed by atoms with E-state index in [2.05, 4.69) is 10.6 Å². The first-order valence-electron chi connectivity index (χ1n) is 8.71. The first kappa shape index (κ1) is 20.8. The van der Waals surface area contributed by atoms with Crippen molar-refractivity contribution in [3.63, 3.8) is 0 Å². The van der Waals surface area contributed by atoms with Crippen LogP contribution in [0, 0.1) is 11.8 Å². The Balaban J connectivity index is 0.00000243. The summed E-state index contributed by atoms with van der Waals surface area (Å²) in [5, 5.41) is 6.88. The van der Waals surface area contributed by atoms with Crippen LogP contribution in [0.15, 0.2) is 18.2 Å². The van der Waals surface area contributed by atoms with Crippen molar-refractivity contribution in [1.29, 1.82) is 0 Å². The number of rotatable bonds is 5. The molecule has 2 fully saturated rings. The molecule has 6 nitrogen and oxygen atoms in total. The van der Waals surface area contributed by atoms with Crippen LogP contribution in [-0.2, 0) is 9.59 Å². The maximum atomic E-state index is 12.5. The zero-order valence-electron chi connectivity index (χ0n) is 14.8. The number of hydrogen-bond donors (Lipinski definition) is 2. The Labute approximate surface area is 165 Å². The van der Waals surface area contributed by atoms with E-state index < -0.39 is 0 Å². The minimum Gasteiger partial charge on any atom is -0.495 e. The molecule has 0 radical (unpaired) electrons. The van der Waals surface area contributed by atoms with Gasteiger partial charge in [-0.3, -0.25) is 9.59 Å². The molecule has 2 atom stereocenters. The monoisotopic (exact) mass is 401 g/mol. The molecule has 2 aliphatic rings. The molecular weight excluding hydrogens is 377 g/mol. The molecule has 2 amide bonds. The van der Waals surface area contributed by atoms with Crippen molar-refractivity contribution in [2.24, 2.45) is 11.8 Å². The van der Waals surface area contributed by atoms with Crippen LogP contribution in [0.25, 0.3) is 0 Å². The fraction of sp³-hybridized carbons (Fsp3) is 0.556. The van der Waals surface area contributed by atoms with Gasteiger partial charge in [0.05, 0.1) is 18.7 Å². The van der Waals surface area contributed by atoms with E-state index in [1.54, 1.807) is 30.2 Å². The Kier molecular flexibility index (Phi) is 7.55. The molecule has 144 valence electrons. The average molecular weight is 402 g/mol. The fourth-order valence-electron chi connectivity index (χ4n) is 3.48. The number of amides is 2. The van der Waals surface area contributed by atoms with Gasteiger partial charge < -0.3 is 20.3 Å². The first-order valence-corrected chi connectivity index (χ1v) is 9.08. The van der Waals surface area contributed by atoms with E-state index in [0.717, 1.165) is 25.9 Å². The van der Waals surface area contributed by atoms with Crippen LogP contribution in [0.4, 0.5) is 5.69 Å². The summed E-state index contributed by atoms with van der Waals surface area (Å²) in [7, 11) is 1.55. The lowest BCUT2D eigenvalue weighted by Crippen LogP contribution is -2.40. The van der Waals surface area contributed by atoms with E-state index in [0.29, 0.717) is 35.5 Å². The lowest BCUT2D eigenvalue weighted by Gasteiger charge is -2.23. The van der Waals surface area contributed by atoms with E-state index in [-0.39, 0.29) is 36.6 Å². The highest BCUT2D eigenvalue weighted by Gasteiger charge is 2.36. The van der Waals surface area contributed by atoms with E-state index in [9.17, 15) is 9.59 Å².